The van der Waals surface area contributed by atoms with E-state index in [9.17, 15) is 0 Å². The molecule has 2 heterocycles. The summed E-state index contributed by atoms with van der Waals surface area (Å²) in [5, 5.41) is 0. The van der Waals surface area contributed by atoms with Gasteiger partial charge < -0.3 is 4.74 Å². The van der Waals surface area contributed by atoms with Crippen molar-refractivity contribution in [3.63, 3.8) is 0 Å². The first kappa shape index (κ1) is 7.88. The van der Waals surface area contributed by atoms with E-state index in [1.54, 1.807) is 0 Å². The Morgan fingerprint density at radius 1 is 1.14 bits per heavy atom. The van der Waals surface area contributed by atoms with E-state index in [1.807, 2.05) is 30.5 Å². The van der Waals surface area contributed by atoms with Crippen LogP contribution in [0.2, 0.25) is 0 Å². The van der Waals surface area contributed by atoms with Gasteiger partial charge in [-0.3, -0.25) is 4.98 Å². The zero-order valence-electron chi connectivity index (χ0n) is 7.68. The number of aromatic nitrogens is 2. The molecule has 1 fully saturated rings. The summed E-state index contributed by atoms with van der Waals surface area (Å²) >= 11 is 0. The minimum atomic E-state index is 0.451. The molecule has 2 aromatic rings. The van der Waals surface area contributed by atoms with Crippen molar-refractivity contribution >= 4 is 11.0 Å². The highest BCUT2D eigenvalue weighted by Crippen LogP contribution is 2.22. The molecule has 1 aromatic heterocycles. The van der Waals surface area contributed by atoms with Crippen LogP contribution < -0.4 is 0 Å². The van der Waals surface area contributed by atoms with Gasteiger partial charge in [-0.2, -0.15) is 0 Å². The van der Waals surface area contributed by atoms with Gasteiger partial charge in [0.25, 0.3) is 0 Å². The van der Waals surface area contributed by atoms with Crippen molar-refractivity contribution in [2.75, 3.05) is 13.2 Å². The molecule has 3 nitrogen and oxygen atoms in total. The van der Waals surface area contributed by atoms with E-state index in [0.717, 1.165) is 29.9 Å². The third-order valence-corrected chi connectivity index (χ3v) is 2.52. The molecule has 0 saturated carbocycles. The predicted molar refractivity (Wildman–Crippen MR) is 53.1 cm³/mol. The lowest BCUT2D eigenvalue weighted by Crippen LogP contribution is -2.26. The molecular weight excluding hydrogens is 176 g/mol. The van der Waals surface area contributed by atoms with Gasteiger partial charge >= 0.3 is 0 Å². The Morgan fingerprint density at radius 3 is 2.64 bits per heavy atom. The second-order valence-corrected chi connectivity index (χ2v) is 3.52. The lowest BCUT2D eigenvalue weighted by molar-refractivity contribution is 0.00670. The summed E-state index contributed by atoms with van der Waals surface area (Å²) in [5.41, 5.74) is 2.98. The lowest BCUT2D eigenvalue weighted by atomic mass is 10.0. The van der Waals surface area contributed by atoms with Gasteiger partial charge in [-0.1, -0.05) is 12.1 Å². The van der Waals surface area contributed by atoms with Crippen LogP contribution in [-0.4, -0.2) is 23.2 Å². The Bertz CT molecular complexity index is 466. The lowest BCUT2D eigenvalue weighted by Gasteiger charge is -2.24. The Balaban J connectivity index is 2.10. The van der Waals surface area contributed by atoms with Crippen molar-refractivity contribution in [3.05, 3.63) is 36.2 Å². The summed E-state index contributed by atoms with van der Waals surface area (Å²) in [4.78, 5) is 8.92. The number of para-hydroxylation sites is 2. The van der Waals surface area contributed by atoms with Crippen molar-refractivity contribution < 1.29 is 4.74 Å². The first-order valence-corrected chi connectivity index (χ1v) is 4.73. The molecule has 1 saturated heterocycles. The van der Waals surface area contributed by atoms with Crippen LogP contribution in [0.4, 0.5) is 0 Å². The molecule has 14 heavy (non-hydrogen) atoms. The zero-order valence-corrected chi connectivity index (χ0v) is 7.68. The number of rotatable bonds is 1. The number of fused-ring (bicyclic) bond motifs is 1. The monoisotopic (exact) mass is 186 g/mol. The van der Waals surface area contributed by atoms with Gasteiger partial charge in [-0.05, 0) is 12.1 Å². The van der Waals surface area contributed by atoms with Crippen molar-refractivity contribution in [1.82, 2.24) is 9.97 Å². The van der Waals surface area contributed by atoms with E-state index >= 15 is 0 Å². The first-order valence-electron chi connectivity index (χ1n) is 4.73. The Morgan fingerprint density at radius 2 is 1.93 bits per heavy atom. The van der Waals surface area contributed by atoms with Crippen LogP contribution in [0.1, 0.15) is 11.6 Å². The predicted octanol–water partition coefficient (Wildman–Crippen LogP) is 1.74. The van der Waals surface area contributed by atoms with Crippen molar-refractivity contribution in [3.8, 4) is 0 Å². The molecule has 0 unspecified atom stereocenters. The molecule has 0 radical (unpaired) electrons. The molecule has 0 aliphatic carbocycles. The fourth-order valence-electron chi connectivity index (χ4n) is 1.57. The van der Waals surface area contributed by atoms with Crippen molar-refractivity contribution in [1.29, 1.82) is 0 Å². The average Bonchev–Trinajstić information content (AvgIpc) is 2.15. The molecule has 1 aliphatic rings. The summed E-state index contributed by atoms with van der Waals surface area (Å²) in [6, 6.07) is 7.93. The molecule has 1 aliphatic heterocycles. The maximum atomic E-state index is 5.13. The second-order valence-electron chi connectivity index (χ2n) is 3.52. The van der Waals surface area contributed by atoms with Crippen LogP contribution in [0.5, 0.6) is 0 Å². The molecule has 0 atom stereocenters. The Kier molecular flexibility index (Phi) is 1.70. The van der Waals surface area contributed by atoms with Gasteiger partial charge in [0.2, 0.25) is 0 Å². The van der Waals surface area contributed by atoms with Gasteiger partial charge in [0.05, 0.1) is 29.9 Å². The third kappa shape index (κ3) is 1.17. The minimum Gasteiger partial charge on any atom is -0.380 e. The van der Waals surface area contributed by atoms with Crippen LogP contribution in [0.3, 0.4) is 0 Å². The van der Waals surface area contributed by atoms with Crippen LogP contribution in [0.15, 0.2) is 30.5 Å². The second kappa shape index (κ2) is 3.03. The van der Waals surface area contributed by atoms with Crippen molar-refractivity contribution in [2.45, 2.75) is 5.92 Å². The molecule has 1 aromatic carbocycles. The van der Waals surface area contributed by atoms with Gasteiger partial charge in [0.15, 0.2) is 0 Å². The normalized spacial score (nSPS) is 16.9. The standard InChI is InChI=1S/C11H10N2O/c1-2-4-10-9(3-1)12-5-11(13-10)8-6-14-7-8/h1-5,8H,6-7H2. The number of hydrogen-bond donors (Lipinski definition) is 0. The highest BCUT2D eigenvalue weighted by Gasteiger charge is 2.22. The summed E-state index contributed by atoms with van der Waals surface area (Å²) < 4.78 is 5.13. The number of nitrogens with zero attached hydrogens (tertiary/aromatic N) is 2. The molecule has 0 amide bonds. The summed E-state index contributed by atoms with van der Waals surface area (Å²) in [6.45, 7) is 1.57. The van der Waals surface area contributed by atoms with E-state index in [1.165, 1.54) is 0 Å². The molecule has 0 N–H and O–H groups in total. The first-order chi connectivity index (χ1) is 6.93. The molecule has 3 heteroatoms. The maximum absolute atomic E-state index is 5.13. The van der Waals surface area contributed by atoms with E-state index in [2.05, 4.69) is 9.97 Å². The molecular formula is C11H10N2O. The highest BCUT2D eigenvalue weighted by molar-refractivity contribution is 5.73. The Labute approximate surface area is 81.8 Å². The third-order valence-electron chi connectivity index (χ3n) is 2.52. The van der Waals surface area contributed by atoms with Crippen LogP contribution in [-0.2, 0) is 4.74 Å². The zero-order chi connectivity index (χ0) is 9.38. The largest absolute Gasteiger partial charge is 0.380 e. The quantitative estimate of drug-likeness (QED) is 0.680. The van der Waals surface area contributed by atoms with Crippen LogP contribution in [0.25, 0.3) is 11.0 Å². The molecule has 70 valence electrons. The highest BCUT2D eigenvalue weighted by atomic mass is 16.5. The maximum Gasteiger partial charge on any atom is 0.0890 e. The Hall–Kier alpha value is -1.48. The SMILES string of the molecule is c1ccc2nc(C3COC3)cnc2c1. The van der Waals surface area contributed by atoms with Gasteiger partial charge in [-0.15, -0.1) is 0 Å². The molecule has 0 bridgehead atoms. The fraction of sp³-hybridized carbons (Fsp3) is 0.273. The average molecular weight is 186 g/mol. The van der Waals surface area contributed by atoms with Crippen molar-refractivity contribution in [2.24, 2.45) is 0 Å². The van der Waals surface area contributed by atoms with Gasteiger partial charge in [0, 0.05) is 12.1 Å². The van der Waals surface area contributed by atoms with Crippen LogP contribution >= 0.6 is 0 Å². The van der Waals surface area contributed by atoms with E-state index in [4.69, 9.17) is 4.74 Å². The molecule has 3 rings (SSSR count). The summed E-state index contributed by atoms with van der Waals surface area (Å²) in [7, 11) is 0. The van der Waals surface area contributed by atoms with E-state index < -0.39 is 0 Å². The van der Waals surface area contributed by atoms with Gasteiger partial charge in [0.1, 0.15) is 0 Å². The topological polar surface area (TPSA) is 35.0 Å². The number of ether oxygens (including phenoxy) is 1. The smallest absolute Gasteiger partial charge is 0.0890 e. The minimum absolute atomic E-state index is 0.451. The van der Waals surface area contributed by atoms with Gasteiger partial charge in [-0.25, -0.2) is 4.98 Å². The van der Waals surface area contributed by atoms with Crippen LogP contribution in [0, 0.1) is 0 Å². The fourth-order valence-corrected chi connectivity index (χ4v) is 1.57. The van der Waals surface area contributed by atoms with E-state index in [0.29, 0.717) is 5.92 Å². The van der Waals surface area contributed by atoms with E-state index in [-0.39, 0.29) is 0 Å². The summed E-state index contributed by atoms with van der Waals surface area (Å²) in [5.74, 6) is 0.451. The summed E-state index contributed by atoms with van der Waals surface area (Å²) in [6.07, 6.45) is 1.86. The molecule has 0 spiro atoms. The number of hydrogen-bond acceptors (Lipinski definition) is 3. The number of benzene rings is 1.